The van der Waals surface area contributed by atoms with Crippen molar-refractivity contribution < 1.29 is 18.3 Å². The topological polar surface area (TPSA) is 114 Å². The minimum absolute atomic E-state index is 0.0685. The number of hydrogen-bond acceptors (Lipinski definition) is 8. The van der Waals surface area contributed by atoms with E-state index in [1.807, 2.05) is 4.57 Å². The van der Waals surface area contributed by atoms with Gasteiger partial charge >= 0.3 is 7.60 Å². The van der Waals surface area contributed by atoms with Gasteiger partial charge in [0.1, 0.15) is 18.2 Å². The van der Waals surface area contributed by atoms with Crippen LogP contribution in [0.5, 0.6) is 0 Å². The zero-order valence-electron chi connectivity index (χ0n) is 33.5. The van der Waals surface area contributed by atoms with Crippen LogP contribution >= 0.6 is 7.60 Å². The first-order valence-electron chi connectivity index (χ1n) is 21.1. The van der Waals surface area contributed by atoms with Gasteiger partial charge in [0, 0.05) is 6.54 Å². The van der Waals surface area contributed by atoms with E-state index in [2.05, 4.69) is 77.4 Å². The van der Waals surface area contributed by atoms with E-state index < -0.39 is 7.60 Å². The molecule has 0 aliphatic carbocycles. The van der Waals surface area contributed by atoms with Crippen LogP contribution in [0, 0.1) is 0 Å². The van der Waals surface area contributed by atoms with Crippen LogP contribution in [0.3, 0.4) is 0 Å². The number of rotatable bonds is 36. The molecule has 0 radical (unpaired) electrons. The van der Waals surface area contributed by atoms with Crippen LogP contribution in [0.15, 0.2) is 61.3 Å². The molecule has 2 aromatic rings. The van der Waals surface area contributed by atoms with Gasteiger partial charge in [-0.05, 0) is 70.6 Å². The van der Waals surface area contributed by atoms with Gasteiger partial charge in [0.15, 0.2) is 11.5 Å². The number of nitrogens with zero attached hydrogens (tertiary/aromatic N) is 4. The Hall–Kier alpha value is -2.58. The molecule has 0 aliphatic rings. The molecule has 0 saturated heterocycles. The largest absolute Gasteiger partial charge is 0.382 e. The molecule has 0 aliphatic heterocycles. The van der Waals surface area contributed by atoms with Gasteiger partial charge in [-0.2, -0.15) is 0 Å². The fourth-order valence-electron chi connectivity index (χ4n) is 5.91. The van der Waals surface area contributed by atoms with Crippen molar-refractivity contribution in [3.8, 4) is 0 Å². The van der Waals surface area contributed by atoms with E-state index in [9.17, 15) is 4.57 Å². The number of unbranched alkanes of at least 4 members (excludes halogenated alkanes) is 17. The molecule has 2 N–H and O–H groups in total. The fraction of sp³-hybridized carbons (Fsp3) is 0.698. The highest BCUT2D eigenvalue weighted by molar-refractivity contribution is 7.53. The standard InChI is InChI=1S/C43H74N5O4P/c1-3-5-7-9-11-13-15-17-19-21-23-25-27-29-31-33-36-52-53(49,40-50-37-34-48-39-47-41-42(44)45-38-46-43(41)48)51-35-32-30-28-26-24-22-20-18-16-14-12-10-8-6-4-2/h10-13,16-19,38-39H,3-9,14-15,20-37,40H2,1-2H3,(H2,44,45,46). The average Bonchev–Trinajstić information content (AvgIpc) is 3.58. The Bertz CT molecular complexity index is 1320. The fourth-order valence-corrected chi connectivity index (χ4v) is 7.30. The minimum atomic E-state index is -3.38. The SMILES string of the molecule is CCCCC=CCC=CCCCCCCCCOP(=O)(COCCn1cnc2c(N)ncnc21)OCCCCCCCCC=CCC=CCCCCC. The van der Waals surface area contributed by atoms with Crippen LogP contribution in [0.25, 0.3) is 11.2 Å². The summed E-state index contributed by atoms with van der Waals surface area (Å²) in [5.41, 5.74) is 7.13. The third kappa shape index (κ3) is 24.4. The molecule has 2 heterocycles. The summed E-state index contributed by atoms with van der Waals surface area (Å²) in [6, 6.07) is 0. The molecular weight excluding hydrogens is 681 g/mol. The highest BCUT2D eigenvalue weighted by Crippen LogP contribution is 2.48. The summed E-state index contributed by atoms with van der Waals surface area (Å²) in [5, 5.41) is 0. The summed E-state index contributed by atoms with van der Waals surface area (Å²) >= 11 is 0. The molecule has 0 spiro atoms. The van der Waals surface area contributed by atoms with Crippen molar-refractivity contribution in [3.63, 3.8) is 0 Å². The first kappa shape index (κ1) is 46.6. The number of aromatic nitrogens is 4. The lowest BCUT2D eigenvalue weighted by atomic mass is 10.1. The Morgan fingerprint density at radius 3 is 1.64 bits per heavy atom. The molecule has 53 heavy (non-hydrogen) atoms. The van der Waals surface area contributed by atoms with Crippen LogP contribution in [0.2, 0.25) is 0 Å². The van der Waals surface area contributed by atoms with Crippen molar-refractivity contribution in [2.75, 3.05) is 31.9 Å². The molecule has 0 aromatic carbocycles. The number of imidazole rings is 1. The molecule has 2 rings (SSSR count). The van der Waals surface area contributed by atoms with Gasteiger partial charge in [-0.3, -0.25) is 4.57 Å². The Kier molecular flexibility index (Phi) is 28.8. The zero-order chi connectivity index (χ0) is 37.9. The number of anilines is 1. The number of allylic oxidation sites excluding steroid dienone is 8. The summed E-state index contributed by atoms with van der Waals surface area (Å²) in [6.45, 7) is 6.13. The first-order valence-corrected chi connectivity index (χ1v) is 22.8. The predicted molar refractivity (Wildman–Crippen MR) is 224 cm³/mol. The third-order valence-corrected chi connectivity index (χ3v) is 10.8. The number of nitrogens with two attached hydrogens (primary N) is 1. The van der Waals surface area contributed by atoms with Crippen LogP contribution in [-0.2, 0) is 24.9 Å². The van der Waals surface area contributed by atoms with Crippen LogP contribution in [0.4, 0.5) is 5.82 Å². The summed E-state index contributed by atoms with van der Waals surface area (Å²) in [5.74, 6) is 0.346. The second-order valence-corrected chi connectivity index (χ2v) is 16.0. The maximum Gasteiger partial charge on any atom is 0.356 e. The van der Waals surface area contributed by atoms with Gasteiger partial charge in [-0.1, -0.05) is 140 Å². The van der Waals surface area contributed by atoms with Gasteiger partial charge in [0.05, 0.1) is 26.1 Å². The van der Waals surface area contributed by atoms with Crippen molar-refractivity contribution in [2.45, 2.75) is 168 Å². The summed E-state index contributed by atoms with van der Waals surface area (Å²) in [7, 11) is -3.38. The molecular formula is C43H74N5O4P. The van der Waals surface area contributed by atoms with Gasteiger partial charge in [0.25, 0.3) is 0 Å². The Morgan fingerprint density at radius 2 is 1.09 bits per heavy atom. The molecule has 10 heteroatoms. The quantitative estimate of drug-likeness (QED) is 0.0415. The van der Waals surface area contributed by atoms with Crippen LogP contribution in [0.1, 0.15) is 162 Å². The lowest BCUT2D eigenvalue weighted by Crippen LogP contribution is -2.10. The summed E-state index contributed by atoms with van der Waals surface area (Å²) in [6.07, 6.45) is 48.2. The van der Waals surface area contributed by atoms with Crippen molar-refractivity contribution in [3.05, 3.63) is 61.3 Å². The van der Waals surface area contributed by atoms with Crippen LogP contribution in [-0.4, -0.2) is 45.7 Å². The van der Waals surface area contributed by atoms with Crippen LogP contribution < -0.4 is 5.73 Å². The normalized spacial score (nSPS) is 13.5. The minimum Gasteiger partial charge on any atom is -0.382 e. The second kappa shape index (κ2) is 32.8. The molecule has 9 nitrogen and oxygen atoms in total. The van der Waals surface area contributed by atoms with E-state index in [1.165, 1.54) is 89.8 Å². The van der Waals surface area contributed by atoms with E-state index in [1.54, 1.807) is 6.33 Å². The number of nitrogen functional groups attached to an aromatic ring is 1. The molecule has 2 aromatic heterocycles. The maximum atomic E-state index is 13.7. The molecule has 1 unspecified atom stereocenters. The molecule has 1 atom stereocenters. The number of hydrogen-bond donors (Lipinski definition) is 1. The third-order valence-electron chi connectivity index (χ3n) is 9.17. The highest BCUT2D eigenvalue weighted by atomic mass is 31.2. The van der Waals surface area contributed by atoms with E-state index in [0.717, 1.165) is 64.2 Å². The van der Waals surface area contributed by atoms with E-state index in [0.29, 0.717) is 43.3 Å². The molecule has 0 amide bonds. The Morgan fingerprint density at radius 1 is 0.604 bits per heavy atom. The zero-order valence-corrected chi connectivity index (χ0v) is 34.4. The average molecular weight is 756 g/mol. The van der Waals surface area contributed by atoms with E-state index in [4.69, 9.17) is 19.5 Å². The Balaban J connectivity index is 1.61. The van der Waals surface area contributed by atoms with Crippen molar-refractivity contribution >= 4 is 24.6 Å². The van der Waals surface area contributed by atoms with Crippen molar-refractivity contribution in [1.29, 1.82) is 0 Å². The number of fused-ring (bicyclic) bond motifs is 1. The highest BCUT2D eigenvalue weighted by Gasteiger charge is 2.25. The smallest absolute Gasteiger partial charge is 0.356 e. The molecule has 0 fully saturated rings. The van der Waals surface area contributed by atoms with Gasteiger partial charge < -0.3 is 24.1 Å². The van der Waals surface area contributed by atoms with E-state index >= 15 is 0 Å². The van der Waals surface area contributed by atoms with Gasteiger partial charge in [-0.25, -0.2) is 15.0 Å². The summed E-state index contributed by atoms with van der Waals surface area (Å²) in [4.78, 5) is 12.6. The molecule has 0 bridgehead atoms. The van der Waals surface area contributed by atoms with Crippen molar-refractivity contribution in [2.24, 2.45) is 0 Å². The van der Waals surface area contributed by atoms with Crippen molar-refractivity contribution in [1.82, 2.24) is 19.5 Å². The lowest BCUT2D eigenvalue weighted by molar-refractivity contribution is 0.121. The monoisotopic (exact) mass is 756 g/mol. The summed E-state index contributed by atoms with van der Waals surface area (Å²) < 4.78 is 33.3. The Labute approximate surface area is 322 Å². The van der Waals surface area contributed by atoms with Gasteiger partial charge in [-0.15, -0.1) is 0 Å². The first-order chi connectivity index (χ1) is 26.1. The van der Waals surface area contributed by atoms with Gasteiger partial charge in [0.2, 0.25) is 0 Å². The molecule has 300 valence electrons. The maximum absolute atomic E-state index is 13.7. The molecule has 0 saturated carbocycles. The number of ether oxygens (including phenoxy) is 1. The second-order valence-electron chi connectivity index (χ2n) is 14.0. The lowest BCUT2D eigenvalue weighted by Gasteiger charge is -2.19. The van der Waals surface area contributed by atoms with E-state index in [-0.39, 0.29) is 6.35 Å². The predicted octanol–water partition coefficient (Wildman–Crippen LogP) is 12.8.